The lowest BCUT2D eigenvalue weighted by Crippen LogP contribution is -2.28. The monoisotopic (exact) mass is 427 g/mol. The molecule has 6 nitrogen and oxygen atoms in total. The Labute approximate surface area is 177 Å². The van der Waals surface area contributed by atoms with Crippen LogP contribution in [-0.2, 0) is 4.74 Å². The fourth-order valence-corrected chi connectivity index (χ4v) is 3.93. The number of carbonyl (C=O) groups is 2. The minimum absolute atomic E-state index is 0.0698. The van der Waals surface area contributed by atoms with Crippen molar-refractivity contribution in [3.8, 4) is 10.4 Å². The van der Waals surface area contributed by atoms with Gasteiger partial charge in [-0.2, -0.15) is 0 Å². The molecule has 0 atom stereocenters. The quantitative estimate of drug-likeness (QED) is 0.282. The third-order valence-corrected chi connectivity index (χ3v) is 5.46. The first-order valence-corrected chi connectivity index (χ1v) is 10.9. The Balaban J connectivity index is 1.51. The number of benzene rings is 2. The van der Waals surface area contributed by atoms with Gasteiger partial charge in [0.1, 0.15) is 6.61 Å². The Kier molecular flexibility index (Phi) is 7.15. The first-order chi connectivity index (χ1) is 14.1. The van der Waals surface area contributed by atoms with Crippen molar-refractivity contribution in [1.29, 1.82) is 0 Å². The Morgan fingerprint density at radius 2 is 1.90 bits per heavy atom. The predicted molar refractivity (Wildman–Crippen MR) is 120 cm³/mol. The Morgan fingerprint density at radius 3 is 2.66 bits per heavy atom. The van der Waals surface area contributed by atoms with Crippen LogP contribution in [0, 0.1) is 0 Å². The van der Waals surface area contributed by atoms with E-state index in [0.717, 1.165) is 16.1 Å². The molecule has 1 aromatic heterocycles. The van der Waals surface area contributed by atoms with Crippen LogP contribution in [0.15, 0.2) is 60.7 Å². The van der Waals surface area contributed by atoms with Gasteiger partial charge in [-0.15, -0.1) is 11.3 Å². The molecule has 8 heteroatoms. The number of thiophene rings is 1. The summed E-state index contributed by atoms with van der Waals surface area (Å²) in [5.41, 5.74) is 8.72. The van der Waals surface area contributed by atoms with Crippen molar-refractivity contribution in [2.24, 2.45) is 0 Å². The Morgan fingerprint density at radius 1 is 1.10 bits per heavy atom. The summed E-state index contributed by atoms with van der Waals surface area (Å²) in [6.07, 6.45) is 1.90. The smallest absolute Gasteiger partial charge is 0.338 e. The van der Waals surface area contributed by atoms with Gasteiger partial charge in [-0.25, -0.2) is 4.79 Å². The average molecular weight is 428 g/mol. The van der Waals surface area contributed by atoms with Crippen LogP contribution >= 0.6 is 23.3 Å². The number of esters is 1. The van der Waals surface area contributed by atoms with Gasteiger partial charge in [-0.1, -0.05) is 48.3 Å². The van der Waals surface area contributed by atoms with Crippen LogP contribution in [0.2, 0.25) is 0 Å². The van der Waals surface area contributed by atoms with E-state index in [4.69, 9.17) is 10.5 Å². The van der Waals surface area contributed by atoms with E-state index in [2.05, 4.69) is 10.0 Å². The molecule has 29 heavy (non-hydrogen) atoms. The summed E-state index contributed by atoms with van der Waals surface area (Å²) in [6, 6.07) is 18.6. The highest BCUT2D eigenvalue weighted by Crippen LogP contribution is 2.33. The van der Waals surface area contributed by atoms with Crippen LogP contribution < -0.4 is 15.8 Å². The minimum atomic E-state index is -0.439. The number of nitrogen functional groups attached to an aromatic ring is 1. The molecule has 3 aromatic rings. The summed E-state index contributed by atoms with van der Waals surface area (Å²) >= 11 is 2.81. The van der Waals surface area contributed by atoms with Crippen LogP contribution in [0.5, 0.6) is 0 Å². The number of ether oxygens (including phenoxy) is 1. The zero-order valence-electron chi connectivity index (χ0n) is 15.8. The van der Waals surface area contributed by atoms with Crippen molar-refractivity contribution in [1.82, 2.24) is 5.32 Å². The molecule has 3 rings (SSSR count). The number of nitrogens with one attached hydrogen (secondary N) is 2. The molecule has 2 aromatic carbocycles. The van der Waals surface area contributed by atoms with Crippen LogP contribution in [0.4, 0.5) is 10.7 Å². The molecule has 150 valence electrons. The van der Waals surface area contributed by atoms with Crippen molar-refractivity contribution in [3.05, 3.63) is 71.8 Å². The van der Waals surface area contributed by atoms with Crippen LogP contribution in [0.3, 0.4) is 0 Å². The topological polar surface area (TPSA) is 93.5 Å². The van der Waals surface area contributed by atoms with Crippen molar-refractivity contribution < 1.29 is 14.3 Å². The van der Waals surface area contributed by atoms with Gasteiger partial charge >= 0.3 is 5.97 Å². The zero-order valence-corrected chi connectivity index (χ0v) is 17.4. The molecule has 0 fully saturated rings. The second-order valence-corrected chi connectivity index (χ2v) is 7.73. The highest BCUT2D eigenvalue weighted by atomic mass is 32.2. The summed E-state index contributed by atoms with van der Waals surface area (Å²) in [5, 5.41) is 3.19. The van der Waals surface area contributed by atoms with Gasteiger partial charge in [0.2, 0.25) is 0 Å². The third-order valence-electron chi connectivity index (χ3n) is 4.00. The first-order valence-electron chi connectivity index (χ1n) is 8.87. The summed E-state index contributed by atoms with van der Waals surface area (Å²) in [5.74, 6) is -0.728. The van der Waals surface area contributed by atoms with Crippen LogP contribution in [0.1, 0.15) is 20.7 Å². The second kappa shape index (κ2) is 9.99. The standard InChI is InChI=1S/C21H21N3O3S2/c1-28-24-16-9-5-8-15(12-16)21(26)27-11-10-23-20(25)17-13-18(29-19(17)22)14-6-3-2-4-7-14/h2-9,12-13,24H,10-11,22H2,1H3,(H,23,25). The minimum Gasteiger partial charge on any atom is -0.460 e. The number of anilines is 2. The fourth-order valence-electron chi connectivity index (χ4n) is 2.64. The molecule has 0 aliphatic rings. The summed E-state index contributed by atoms with van der Waals surface area (Å²) in [4.78, 5) is 25.5. The molecule has 0 spiro atoms. The Hall–Kier alpha value is -2.97. The van der Waals surface area contributed by atoms with Gasteiger partial charge < -0.3 is 20.5 Å². The highest BCUT2D eigenvalue weighted by Gasteiger charge is 2.15. The number of hydrogen-bond donors (Lipinski definition) is 3. The summed E-state index contributed by atoms with van der Waals surface area (Å²) in [6.45, 7) is 0.267. The molecule has 0 saturated heterocycles. The van der Waals surface area contributed by atoms with E-state index in [-0.39, 0.29) is 19.1 Å². The molecule has 0 radical (unpaired) electrons. The van der Waals surface area contributed by atoms with E-state index in [1.165, 1.54) is 23.3 Å². The van der Waals surface area contributed by atoms with Crippen LogP contribution in [-0.4, -0.2) is 31.3 Å². The molecule has 0 unspecified atom stereocenters. The average Bonchev–Trinajstić information content (AvgIpc) is 3.14. The summed E-state index contributed by atoms with van der Waals surface area (Å²) in [7, 11) is 0. The molecule has 1 amide bonds. The normalized spacial score (nSPS) is 10.4. The van der Waals surface area contributed by atoms with E-state index in [0.29, 0.717) is 16.1 Å². The van der Waals surface area contributed by atoms with Crippen LogP contribution in [0.25, 0.3) is 10.4 Å². The van der Waals surface area contributed by atoms with E-state index < -0.39 is 5.97 Å². The third kappa shape index (κ3) is 5.52. The molecule has 4 N–H and O–H groups in total. The number of rotatable bonds is 8. The number of carbonyl (C=O) groups excluding carboxylic acids is 2. The molecule has 0 aliphatic heterocycles. The predicted octanol–water partition coefficient (Wildman–Crippen LogP) is 4.27. The lowest BCUT2D eigenvalue weighted by atomic mass is 10.1. The zero-order chi connectivity index (χ0) is 20.6. The van der Waals surface area contributed by atoms with Crippen molar-refractivity contribution in [2.45, 2.75) is 0 Å². The van der Waals surface area contributed by atoms with E-state index in [9.17, 15) is 9.59 Å². The summed E-state index contributed by atoms with van der Waals surface area (Å²) < 4.78 is 8.30. The lowest BCUT2D eigenvalue weighted by molar-refractivity contribution is 0.0503. The molecule has 0 bridgehead atoms. The molecule has 0 saturated carbocycles. The van der Waals surface area contributed by atoms with Crippen molar-refractivity contribution >= 4 is 45.8 Å². The number of amides is 1. The van der Waals surface area contributed by atoms with E-state index >= 15 is 0 Å². The fraction of sp³-hybridized carbons (Fsp3) is 0.143. The van der Waals surface area contributed by atoms with Gasteiger partial charge in [-0.05, 0) is 29.8 Å². The maximum atomic E-state index is 12.4. The maximum Gasteiger partial charge on any atom is 0.338 e. The molecule has 0 aliphatic carbocycles. The van der Waals surface area contributed by atoms with Crippen molar-refractivity contribution in [2.75, 3.05) is 29.9 Å². The number of hydrogen-bond acceptors (Lipinski definition) is 7. The first kappa shape index (κ1) is 20.8. The number of nitrogens with two attached hydrogens (primary N) is 1. The second-order valence-electron chi connectivity index (χ2n) is 6.03. The van der Waals surface area contributed by atoms with Gasteiger partial charge in [0, 0.05) is 16.8 Å². The molecular weight excluding hydrogens is 406 g/mol. The largest absolute Gasteiger partial charge is 0.460 e. The highest BCUT2D eigenvalue weighted by molar-refractivity contribution is 7.99. The van der Waals surface area contributed by atoms with Gasteiger partial charge in [0.05, 0.1) is 22.7 Å². The van der Waals surface area contributed by atoms with Gasteiger partial charge in [0.25, 0.3) is 5.91 Å². The van der Waals surface area contributed by atoms with Gasteiger partial charge in [-0.3, -0.25) is 4.79 Å². The Bertz CT molecular complexity index is 990. The van der Waals surface area contributed by atoms with E-state index in [1.807, 2.05) is 42.7 Å². The van der Waals surface area contributed by atoms with E-state index in [1.54, 1.807) is 24.3 Å². The molecule has 1 heterocycles. The van der Waals surface area contributed by atoms with Gasteiger partial charge in [0.15, 0.2) is 0 Å². The maximum absolute atomic E-state index is 12.4. The lowest BCUT2D eigenvalue weighted by Gasteiger charge is -2.08. The molecular formula is C21H21N3O3S2. The SMILES string of the molecule is CSNc1cccc(C(=O)OCCNC(=O)c2cc(-c3ccccc3)sc2N)c1. The van der Waals surface area contributed by atoms with Crippen molar-refractivity contribution in [3.63, 3.8) is 0 Å².